The molecule has 0 atom stereocenters. The largest absolute Gasteiger partial charge is 0.378 e. The maximum absolute atomic E-state index is 4.30. The SMILES string of the molecule is CN(C)c1ccc(Nc2cc(NCCCc3ccccc3)ncn2)cc1. The third-order valence-electron chi connectivity index (χ3n) is 4.11. The van der Waals surface area contributed by atoms with Gasteiger partial charge in [-0.3, -0.25) is 0 Å². The first kappa shape index (κ1) is 17.7. The first-order valence-corrected chi connectivity index (χ1v) is 8.85. The fourth-order valence-electron chi connectivity index (χ4n) is 2.67. The number of aromatic nitrogens is 2. The molecule has 1 heterocycles. The van der Waals surface area contributed by atoms with Crippen molar-refractivity contribution < 1.29 is 0 Å². The van der Waals surface area contributed by atoms with Crippen LogP contribution in [0.4, 0.5) is 23.0 Å². The molecule has 134 valence electrons. The smallest absolute Gasteiger partial charge is 0.135 e. The molecule has 5 heteroatoms. The van der Waals surface area contributed by atoms with E-state index in [4.69, 9.17) is 0 Å². The normalized spacial score (nSPS) is 10.4. The monoisotopic (exact) mass is 347 g/mol. The zero-order valence-corrected chi connectivity index (χ0v) is 15.3. The van der Waals surface area contributed by atoms with Crippen molar-refractivity contribution in [1.82, 2.24) is 9.97 Å². The average Bonchev–Trinajstić information content (AvgIpc) is 2.67. The molecule has 0 spiro atoms. The van der Waals surface area contributed by atoms with Crippen molar-refractivity contribution in [1.29, 1.82) is 0 Å². The standard InChI is InChI=1S/C21H25N5/c1-26(2)19-12-10-18(11-13-19)25-21-15-20(23-16-24-21)22-14-6-9-17-7-4-3-5-8-17/h3-5,7-8,10-13,15-16H,6,9,14H2,1-2H3,(H2,22,23,24,25). The Labute approximate surface area is 155 Å². The number of aryl methyl sites for hydroxylation is 1. The van der Waals surface area contributed by atoms with E-state index in [9.17, 15) is 0 Å². The van der Waals surface area contributed by atoms with Crippen LogP contribution in [0.25, 0.3) is 0 Å². The summed E-state index contributed by atoms with van der Waals surface area (Å²) in [4.78, 5) is 10.7. The second kappa shape index (κ2) is 8.85. The van der Waals surface area contributed by atoms with Gasteiger partial charge in [0.25, 0.3) is 0 Å². The molecule has 0 radical (unpaired) electrons. The third-order valence-corrected chi connectivity index (χ3v) is 4.11. The van der Waals surface area contributed by atoms with Crippen molar-refractivity contribution in [3.63, 3.8) is 0 Å². The Morgan fingerprint density at radius 2 is 1.62 bits per heavy atom. The average molecular weight is 347 g/mol. The van der Waals surface area contributed by atoms with Crippen LogP contribution in [-0.4, -0.2) is 30.6 Å². The summed E-state index contributed by atoms with van der Waals surface area (Å²) in [5.74, 6) is 1.61. The molecule has 3 rings (SSSR count). The number of nitrogens with one attached hydrogen (secondary N) is 2. The third kappa shape index (κ3) is 5.21. The number of hydrogen-bond donors (Lipinski definition) is 2. The van der Waals surface area contributed by atoms with Crippen LogP contribution >= 0.6 is 0 Å². The molecule has 26 heavy (non-hydrogen) atoms. The van der Waals surface area contributed by atoms with Crippen LogP contribution in [0.2, 0.25) is 0 Å². The van der Waals surface area contributed by atoms with Crippen LogP contribution < -0.4 is 15.5 Å². The predicted molar refractivity (Wildman–Crippen MR) is 109 cm³/mol. The van der Waals surface area contributed by atoms with Crippen LogP contribution in [0.3, 0.4) is 0 Å². The Morgan fingerprint density at radius 1 is 0.885 bits per heavy atom. The van der Waals surface area contributed by atoms with Gasteiger partial charge in [-0.25, -0.2) is 9.97 Å². The lowest BCUT2D eigenvalue weighted by Crippen LogP contribution is -2.08. The first-order chi connectivity index (χ1) is 12.7. The van der Waals surface area contributed by atoms with Crippen LogP contribution in [0.5, 0.6) is 0 Å². The number of anilines is 4. The first-order valence-electron chi connectivity index (χ1n) is 8.85. The van der Waals surface area contributed by atoms with Gasteiger partial charge in [-0.05, 0) is 42.7 Å². The molecule has 1 aromatic heterocycles. The molecule has 0 fully saturated rings. The van der Waals surface area contributed by atoms with Gasteiger partial charge < -0.3 is 15.5 Å². The van der Waals surface area contributed by atoms with Crippen molar-refractivity contribution in [2.75, 3.05) is 36.2 Å². The molecule has 0 saturated heterocycles. The Bertz CT molecular complexity index is 800. The van der Waals surface area contributed by atoms with Crippen molar-refractivity contribution in [3.05, 3.63) is 72.6 Å². The van der Waals surface area contributed by atoms with E-state index < -0.39 is 0 Å². The van der Waals surface area contributed by atoms with Crippen molar-refractivity contribution in [2.45, 2.75) is 12.8 Å². The minimum absolute atomic E-state index is 0.781. The molecule has 0 bridgehead atoms. The zero-order chi connectivity index (χ0) is 18.2. The number of nitrogens with zero attached hydrogens (tertiary/aromatic N) is 3. The maximum atomic E-state index is 4.30. The molecular weight excluding hydrogens is 322 g/mol. The summed E-state index contributed by atoms with van der Waals surface area (Å²) in [5, 5.41) is 6.68. The van der Waals surface area contributed by atoms with Crippen LogP contribution in [0.1, 0.15) is 12.0 Å². The van der Waals surface area contributed by atoms with Crippen molar-refractivity contribution in [2.24, 2.45) is 0 Å². The summed E-state index contributed by atoms with van der Waals surface area (Å²) < 4.78 is 0. The molecule has 0 aliphatic rings. The molecule has 0 aliphatic carbocycles. The van der Waals surface area contributed by atoms with Gasteiger partial charge in [-0.15, -0.1) is 0 Å². The van der Waals surface area contributed by atoms with Crippen molar-refractivity contribution in [3.8, 4) is 0 Å². The summed E-state index contributed by atoms with van der Waals surface area (Å²) in [5.41, 5.74) is 3.53. The molecule has 0 aliphatic heterocycles. The van der Waals surface area contributed by atoms with Crippen LogP contribution in [-0.2, 0) is 6.42 Å². The van der Waals surface area contributed by atoms with E-state index in [-0.39, 0.29) is 0 Å². The lowest BCUT2D eigenvalue weighted by molar-refractivity contribution is 0.858. The molecule has 2 aromatic carbocycles. The van der Waals surface area contributed by atoms with Gasteiger partial charge in [-0.2, -0.15) is 0 Å². The van der Waals surface area contributed by atoms with Gasteiger partial charge in [0.05, 0.1) is 0 Å². The van der Waals surface area contributed by atoms with Gasteiger partial charge in [0.1, 0.15) is 18.0 Å². The highest BCUT2D eigenvalue weighted by Crippen LogP contribution is 2.19. The Morgan fingerprint density at radius 3 is 2.35 bits per heavy atom. The summed E-state index contributed by atoms with van der Waals surface area (Å²) in [7, 11) is 4.06. The lowest BCUT2D eigenvalue weighted by atomic mass is 10.1. The van der Waals surface area contributed by atoms with Gasteiger partial charge in [0, 0.05) is 38.1 Å². The van der Waals surface area contributed by atoms with E-state index in [1.807, 2.05) is 38.4 Å². The van der Waals surface area contributed by atoms with E-state index in [0.717, 1.165) is 36.7 Å². The highest BCUT2D eigenvalue weighted by atomic mass is 15.1. The van der Waals surface area contributed by atoms with E-state index >= 15 is 0 Å². The van der Waals surface area contributed by atoms with Gasteiger partial charge in [0.15, 0.2) is 0 Å². The topological polar surface area (TPSA) is 53.1 Å². The molecule has 0 amide bonds. The molecule has 0 saturated carbocycles. The zero-order valence-electron chi connectivity index (χ0n) is 15.3. The summed E-state index contributed by atoms with van der Waals surface area (Å²) >= 11 is 0. The van der Waals surface area contributed by atoms with E-state index in [0.29, 0.717) is 0 Å². The second-order valence-electron chi connectivity index (χ2n) is 6.37. The Balaban J connectivity index is 1.51. The van der Waals surface area contributed by atoms with E-state index in [2.05, 4.69) is 61.9 Å². The minimum atomic E-state index is 0.781. The molecule has 3 aromatic rings. The number of hydrogen-bond acceptors (Lipinski definition) is 5. The fraction of sp³-hybridized carbons (Fsp3) is 0.238. The highest BCUT2D eigenvalue weighted by Gasteiger charge is 2.01. The number of rotatable bonds is 8. The maximum Gasteiger partial charge on any atom is 0.135 e. The van der Waals surface area contributed by atoms with Crippen LogP contribution in [0, 0.1) is 0 Å². The molecule has 0 unspecified atom stereocenters. The highest BCUT2D eigenvalue weighted by molar-refractivity contribution is 5.62. The second-order valence-corrected chi connectivity index (χ2v) is 6.37. The predicted octanol–water partition coefficient (Wildman–Crippen LogP) is 4.33. The summed E-state index contributed by atoms with van der Waals surface area (Å²) in [6.07, 6.45) is 3.70. The number of benzene rings is 2. The Kier molecular flexibility index (Phi) is 6.04. The van der Waals surface area contributed by atoms with Gasteiger partial charge >= 0.3 is 0 Å². The fourth-order valence-corrected chi connectivity index (χ4v) is 2.67. The Hall–Kier alpha value is -3.08. The van der Waals surface area contributed by atoms with E-state index in [1.165, 1.54) is 11.3 Å². The van der Waals surface area contributed by atoms with Gasteiger partial charge in [0.2, 0.25) is 0 Å². The lowest BCUT2D eigenvalue weighted by Gasteiger charge is -2.13. The summed E-state index contributed by atoms with van der Waals surface area (Å²) in [6.45, 7) is 0.878. The quantitative estimate of drug-likeness (QED) is 0.594. The summed E-state index contributed by atoms with van der Waals surface area (Å²) in [6, 6.07) is 20.7. The van der Waals surface area contributed by atoms with Gasteiger partial charge in [-0.1, -0.05) is 30.3 Å². The molecular formula is C21H25N5. The van der Waals surface area contributed by atoms with Crippen LogP contribution in [0.15, 0.2) is 67.0 Å². The minimum Gasteiger partial charge on any atom is -0.378 e. The molecule has 5 nitrogen and oxygen atoms in total. The van der Waals surface area contributed by atoms with Crippen molar-refractivity contribution >= 4 is 23.0 Å². The van der Waals surface area contributed by atoms with E-state index in [1.54, 1.807) is 6.33 Å². The molecule has 2 N–H and O–H groups in total.